The summed E-state index contributed by atoms with van der Waals surface area (Å²) < 4.78 is 11.3. The predicted octanol–water partition coefficient (Wildman–Crippen LogP) is 2.95. The van der Waals surface area contributed by atoms with Crippen molar-refractivity contribution in [3.8, 4) is 11.5 Å². The molecule has 2 rings (SSSR count). The summed E-state index contributed by atoms with van der Waals surface area (Å²) in [5, 5.41) is 13.0. The zero-order valence-corrected chi connectivity index (χ0v) is 14.8. The Balaban J connectivity index is 1.55. The molecular weight excluding hydrogens is 310 g/mol. The van der Waals surface area contributed by atoms with Gasteiger partial charge in [-0.3, -0.25) is 0 Å². The number of benzene rings is 1. The van der Waals surface area contributed by atoms with Crippen LogP contribution in [0.4, 0.5) is 0 Å². The molecule has 0 heterocycles. The molecule has 1 aliphatic rings. The average Bonchev–Trinajstić information content (AvgIpc) is 3.38. The number of thioether (sulfide) groups is 1. The summed E-state index contributed by atoms with van der Waals surface area (Å²) in [5.41, 5.74) is 0. The van der Waals surface area contributed by atoms with Crippen LogP contribution in [0.25, 0.3) is 0 Å². The smallest absolute Gasteiger partial charge is 0.119 e. The number of aliphatic hydroxyl groups is 1. The van der Waals surface area contributed by atoms with Crippen molar-refractivity contribution in [1.29, 1.82) is 0 Å². The van der Waals surface area contributed by atoms with E-state index in [1.54, 1.807) is 0 Å². The van der Waals surface area contributed by atoms with Crippen molar-refractivity contribution in [2.75, 3.05) is 37.8 Å². The normalized spacial score (nSPS) is 15.4. The van der Waals surface area contributed by atoms with Crippen molar-refractivity contribution in [3.05, 3.63) is 24.3 Å². The van der Waals surface area contributed by atoms with E-state index in [9.17, 15) is 5.11 Å². The van der Waals surface area contributed by atoms with E-state index in [2.05, 4.69) is 12.2 Å². The third kappa shape index (κ3) is 8.49. The molecule has 1 fully saturated rings. The van der Waals surface area contributed by atoms with Gasteiger partial charge in [0.25, 0.3) is 0 Å². The Hall–Kier alpha value is -0.910. The summed E-state index contributed by atoms with van der Waals surface area (Å²) in [6.07, 6.45) is 3.41. The van der Waals surface area contributed by atoms with Crippen molar-refractivity contribution < 1.29 is 14.6 Å². The molecule has 1 unspecified atom stereocenters. The minimum Gasteiger partial charge on any atom is -0.493 e. The highest BCUT2D eigenvalue weighted by Gasteiger charge is 2.20. The van der Waals surface area contributed by atoms with Crippen LogP contribution in [0.2, 0.25) is 0 Å². The van der Waals surface area contributed by atoms with Crippen LogP contribution in [0.15, 0.2) is 24.3 Å². The maximum Gasteiger partial charge on any atom is 0.119 e. The fourth-order valence-corrected chi connectivity index (χ4v) is 3.12. The lowest BCUT2D eigenvalue weighted by atomic mass is 10.3. The van der Waals surface area contributed by atoms with Gasteiger partial charge in [0.2, 0.25) is 0 Å². The number of nitrogens with one attached hydrogen (secondary N) is 1. The average molecular weight is 340 g/mol. The molecule has 4 nitrogen and oxygen atoms in total. The molecule has 1 atom stereocenters. The van der Waals surface area contributed by atoms with E-state index in [1.165, 1.54) is 18.6 Å². The Morgan fingerprint density at radius 2 is 1.91 bits per heavy atom. The second kappa shape index (κ2) is 10.8. The van der Waals surface area contributed by atoms with E-state index in [0.717, 1.165) is 42.7 Å². The number of rotatable bonds is 13. The number of aliphatic hydroxyl groups excluding tert-OH is 1. The first-order chi connectivity index (χ1) is 11.3. The molecule has 23 heavy (non-hydrogen) atoms. The summed E-state index contributed by atoms with van der Waals surface area (Å²) in [4.78, 5) is 0. The van der Waals surface area contributed by atoms with Crippen molar-refractivity contribution in [1.82, 2.24) is 5.32 Å². The molecule has 1 aromatic carbocycles. The van der Waals surface area contributed by atoms with Gasteiger partial charge < -0.3 is 19.9 Å². The number of hydrogen-bond donors (Lipinski definition) is 2. The molecule has 0 aromatic heterocycles. The highest BCUT2D eigenvalue weighted by molar-refractivity contribution is 7.99. The standard InChI is InChI=1S/C18H29NO3S/c1-2-9-19-12-16(20)13-22-18-7-5-17(6-8-18)21-10-11-23-14-15-3-4-15/h5-8,15-16,19-20H,2-4,9-14H2,1H3. The fraction of sp³-hybridized carbons (Fsp3) is 0.667. The van der Waals surface area contributed by atoms with Crippen LogP contribution in [-0.4, -0.2) is 49.0 Å². The van der Waals surface area contributed by atoms with E-state index < -0.39 is 6.10 Å². The van der Waals surface area contributed by atoms with Gasteiger partial charge in [0.05, 0.1) is 6.61 Å². The molecule has 0 aliphatic heterocycles. The van der Waals surface area contributed by atoms with Crippen LogP contribution in [0.1, 0.15) is 26.2 Å². The van der Waals surface area contributed by atoms with E-state index in [0.29, 0.717) is 13.2 Å². The van der Waals surface area contributed by atoms with Crippen molar-refractivity contribution >= 4 is 11.8 Å². The summed E-state index contributed by atoms with van der Waals surface area (Å²) >= 11 is 1.98. The number of ether oxygens (including phenoxy) is 2. The van der Waals surface area contributed by atoms with E-state index in [1.807, 2.05) is 36.0 Å². The first-order valence-corrected chi connectivity index (χ1v) is 9.75. The van der Waals surface area contributed by atoms with Gasteiger partial charge in [0, 0.05) is 12.3 Å². The highest BCUT2D eigenvalue weighted by atomic mass is 32.2. The van der Waals surface area contributed by atoms with Gasteiger partial charge in [-0.25, -0.2) is 0 Å². The van der Waals surface area contributed by atoms with Crippen molar-refractivity contribution in [3.63, 3.8) is 0 Å². The Kier molecular flexibility index (Phi) is 8.64. The Labute approximate surface area is 143 Å². The zero-order valence-electron chi connectivity index (χ0n) is 14.0. The summed E-state index contributed by atoms with van der Waals surface area (Å²) in [7, 11) is 0. The first kappa shape index (κ1) is 18.4. The van der Waals surface area contributed by atoms with Gasteiger partial charge in [-0.2, -0.15) is 11.8 Å². The van der Waals surface area contributed by atoms with Crippen LogP contribution in [0.5, 0.6) is 11.5 Å². The second-order valence-corrected chi connectivity index (χ2v) is 7.16. The van der Waals surface area contributed by atoms with E-state index in [-0.39, 0.29) is 0 Å². The SMILES string of the molecule is CCCNCC(O)COc1ccc(OCCSCC2CC2)cc1. The molecule has 1 saturated carbocycles. The first-order valence-electron chi connectivity index (χ1n) is 8.60. The Morgan fingerprint density at radius 3 is 2.57 bits per heavy atom. The summed E-state index contributed by atoms with van der Waals surface area (Å²) in [5.74, 6) is 4.94. The van der Waals surface area contributed by atoms with Gasteiger partial charge in [-0.05, 0) is 61.7 Å². The number of hydrogen-bond acceptors (Lipinski definition) is 5. The lowest BCUT2D eigenvalue weighted by molar-refractivity contribution is 0.106. The minimum atomic E-state index is -0.485. The van der Waals surface area contributed by atoms with Crippen molar-refractivity contribution in [2.45, 2.75) is 32.3 Å². The van der Waals surface area contributed by atoms with Crippen LogP contribution in [0, 0.1) is 5.92 Å². The third-order valence-electron chi connectivity index (χ3n) is 3.62. The van der Waals surface area contributed by atoms with Crippen LogP contribution < -0.4 is 14.8 Å². The maximum atomic E-state index is 9.79. The van der Waals surface area contributed by atoms with Crippen LogP contribution in [0.3, 0.4) is 0 Å². The second-order valence-electron chi connectivity index (χ2n) is 6.01. The summed E-state index contributed by atoms with van der Waals surface area (Å²) in [6, 6.07) is 7.61. The van der Waals surface area contributed by atoms with E-state index >= 15 is 0 Å². The molecule has 1 aromatic rings. The molecular formula is C18H29NO3S. The van der Waals surface area contributed by atoms with Gasteiger partial charge in [0.15, 0.2) is 0 Å². The summed E-state index contributed by atoms with van der Waals surface area (Å²) in [6.45, 7) is 4.63. The molecule has 0 spiro atoms. The monoisotopic (exact) mass is 339 g/mol. The van der Waals surface area contributed by atoms with Crippen LogP contribution >= 0.6 is 11.8 Å². The fourth-order valence-electron chi connectivity index (χ4n) is 2.08. The molecule has 1 aliphatic carbocycles. The maximum absolute atomic E-state index is 9.79. The molecule has 2 N–H and O–H groups in total. The topological polar surface area (TPSA) is 50.7 Å². The highest BCUT2D eigenvalue weighted by Crippen LogP contribution is 2.32. The largest absolute Gasteiger partial charge is 0.493 e. The third-order valence-corrected chi connectivity index (χ3v) is 4.78. The van der Waals surface area contributed by atoms with Gasteiger partial charge in [-0.15, -0.1) is 0 Å². The van der Waals surface area contributed by atoms with Gasteiger partial charge >= 0.3 is 0 Å². The van der Waals surface area contributed by atoms with Crippen LogP contribution in [-0.2, 0) is 0 Å². The molecule has 5 heteroatoms. The molecule has 0 radical (unpaired) electrons. The predicted molar refractivity (Wildman–Crippen MR) is 96.6 cm³/mol. The van der Waals surface area contributed by atoms with E-state index in [4.69, 9.17) is 9.47 Å². The minimum absolute atomic E-state index is 0.300. The zero-order chi connectivity index (χ0) is 16.3. The van der Waals surface area contributed by atoms with Gasteiger partial charge in [0.1, 0.15) is 24.2 Å². The Bertz CT molecular complexity index is 423. The molecule has 130 valence electrons. The van der Waals surface area contributed by atoms with Gasteiger partial charge in [-0.1, -0.05) is 6.92 Å². The lowest BCUT2D eigenvalue weighted by Gasteiger charge is -2.13. The Morgan fingerprint density at radius 1 is 1.22 bits per heavy atom. The lowest BCUT2D eigenvalue weighted by Crippen LogP contribution is -2.31. The quantitative estimate of drug-likeness (QED) is 0.541. The molecule has 0 saturated heterocycles. The van der Waals surface area contributed by atoms with Crippen molar-refractivity contribution in [2.24, 2.45) is 5.92 Å². The molecule has 0 amide bonds. The molecule has 0 bridgehead atoms.